The van der Waals surface area contributed by atoms with E-state index in [4.69, 9.17) is 0 Å². The van der Waals surface area contributed by atoms with Crippen LogP contribution in [0.15, 0.2) is 53.5 Å². The molecule has 0 spiro atoms. The Morgan fingerprint density at radius 1 is 1.08 bits per heavy atom. The van der Waals surface area contributed by atoms with Gasteiger partial charge in [-0.2, -0.15) is 0 Å². The number of aromatic nitrogens is 3. The molecule has 1 aromatic carbocycles. The van der Waals surface area contributed by atoms with Crippen LogP contribution in [0.4, 0.5) is 11.4 Å². The molecule has 3 rings (SSSR count). The summed E-state index contributed by atoms with van der Waals surface area (Å²) in [6.07, 6.45) is 1.59. The molecule has 2 heterocycles. The molecule has 0 aliphatic heterocycles. The quantitative estimate of drug-likeness (QED) is 0.750. The molecule has 3 aromatic rings. The minimum atomic E-state index is -0.388. The summed E-state index contributed by atoms with van der Waals surface area (Å²) >= 11 is 0. The van der Waals surface area contributed by atoms with Crippen LogP contribution in [0.3, 0.4) is 0 Å². The Bertz CT molecular complexity index is 973. The topological polar surface area (TPSA) is 97.5 Å². The van der Waals surface area contributed by atoms with E-state index in [2.05, 4.69) is 15.7 Å². The second-order valence-corrected chi connectivity index (χ2v) is 5.18. The van der Waals surface area contributed by atoms with E-state index >= 15 is 0 Å². The summed E-state index contributed by atoms with van der Waals surface area (Å²) < 4.78 is 2.47. The lowest BCUT2D eigenvalue weighted by Crippen LogP contribution is -2.28. The normalized spacial score (nSPS) is 10.5. The number of anilines is 2. The Morgan fingerprint density at radius 3 is 2.54 bits per heavy atom. The van der Waals surface area contributed by atoms with E-state index in [1.807, 2.05) is 0 Å². The van der Waals surface area contributed by atoms with Crippen LogP contribution in [0.1, 0.15) is 6.92 Å². The van der Waals surface area contributed by atoms with Crippen molar-refractivity contribution in [3.8, 4) is 0 Å². The summed E-state index contributed by atoms with van der Waals surface area (Å²) in [4.78, 5) is 35.3. The van der Waals surface area contributed by atoms with Gasteiger partial charge in [-0.1, -0.05) is 12.1 Å². The average molecular weight is 325 g/mol. The maximum atomic E-state index is 12.1. The fourth-order valence-electron chi connectivity index (χ4n) is 2.29. The molecule has 0 unspecified atom stereocenters. The maximum Gasteiger partial charge on any atom is 0.350 e. The van der Waals surface area contributed by atoms with Gasteiger partial charge in [-0.15, -0.1) is 5.10 Å². The Kier molecular flexibility index (Phi) is 4.11. The first-order chi connectivity index (χ1) is 11.5. The number of nitrogens with one attached hydrogen (secondary N) is 2. The van der Waals surface area contributed by atoms with Crippen LogP contribution in [0.5, 0.6) is 0 Å². The third-order valence-corrected chi connectivity index (χ3v) is 3.25. The van der Waals surface area contributed by atoms with Crippen LogP contribution in [-0.2, 0) is 16.1 Å². The summed E-state index contributed by atoms with van der Waals surface area (Å²) in [5.74, 6) is -0.588. The number of hydrogen-bond donors (Lipinski definition) is 2. The second kappa shape index (κ2) is 6.37. The van der Waals surface area contributed by atoms with E-state index in [-0.39, 0.29) is 24.0 Å². The van der Waals surface area contributed by atoms with Crippen LogP contribution < -0.4 is 16.3 Å². The van der Waals surface area contributed by atoms with E-state index < -0.39 is 0 Å². The van der Waals surface area contributed by atoms with E-state index in [1.165, 1.54) is 11.3 Å². The lowest BCUT2D eigenvalue weighted by Gasteiger charge is -2.07. The number of fused-ring (bicyclic) bond motifs is 1. The number of pyridine rings is 1. The minimum absolute atomic E-state index is 0.199. The Hall–Kier alpha value is -3.42. The molecule has 0 aliphatic rings. The van der Waals surface area contributed by atoms with Crippen molar-refractivity contribution in [3.63, 3.8) is 0 Å². The fourth-order valence-corrected chi connectivity index (χ4v) is 2.29. The van der Waals surface area contributed by atoms with Gasteiger partial charge in [0.25, 0.3) is 0 Å². The summed E-state index contributed by atoms with van der Waals surface area (Å²) in [5.41, 5.74) is 1.18. The van der Waals surface area contributed by atoms with Crippen LogP contribution in [0.2, 0.25) is 0 Å². The van der Waals surface area contributed by atoms with Gasteiger partial charge in [0.2, 0.25) is 11.8 Å². The molecule has 2 aromatic heterocycles. The number of amides is 2. The fraction of sp³-hybridized carbons (Fsp3) is 0.125. The van der Waals surface area contributed by atoms with Crippen molar-refractivity contribution in [2.75, 3.05) is 10.6 Å². The Labute approximate surface area is 136 Å². The monoisotopic (exact) mass is 325 g/mol. The first-order valence-electron chi connectivity index (χ1n) is 7.24. The van der Waals surface area contributed by atoms with Crippen LogP contribution >= 0.6 is 0 Å². The number of hydrogen-bond acceptors (Lipinski definition) is 4. The molecular formula is C16H15N5O3. The summed E-state index contributed by atoms with van der Waals surface area (Å²) in [6.45, 7) is 1.20. The number of carbonyl (C=O) groups is 2. The third kappa shape index (κ3) is 3.32. The third-order valence-electron chi connectivity index (χ3n) is 3.25. The lowest BCUT2D eigenvalue weighted by molar-refractivity contribution is -0.117. The smallest absolute Gasteiger partial charge is 0.326 e. The van der Waals surface area contributed by atoms with Crippen molar-refractivity contribution in [2.24, 2.45) is 0 Å². The molecule has 2 amide bonds. The van der Waals surface area contributed by atoms with E-state index in [0.29, 0.717) is 17.0 Å². The van der Waals surface area contributed by atoms with Crippen molar-refractivity contribution >= 4 is 28.8 Å². The van der Waals surface area contributed by atoms with Crippen LogP contribution in [0, 0.1) is 0 Å². The molecule has 2 N–H and O–H groups in total. The summed E-state index contributed by atoms with van der Waals surface area (Å²) in [5, 5.41) is 9.41. The molecule has 8 nitrogen and oxygen atoms in total. The molecule has 0 aliphatic carbocycles. The van der Waals surface area contributed by atoms with Gasteiger partial charge in [0, 0.05) is 24.5 Å². The molecule has 0 fully saturated rings. The lowest BCUT2D eigenvalue weighted by atomic mass is 10.2. The van der Waals surface area contributed by atoms with Crippen LogP contribution in [-0.4, -0.2) is 26.0 Å². The van der Waals surface area contributed by atoms with E-state index in [1.54, 1.807) is 48.7 Å². The van der Waals surface area contributed by atoms with E-state index in [9.17, 15) is 14.4 Å². The Morgan fingerprint density at radius 2 is 1.83 bits per heavy atom. The zero-order valence-electron chi connectivity index (χ0n) is 12.9. The largest absolute Gasteiger partial charge is 0.350 e. The van der Waals surface area contributed by atoms with Gasteiger partial charge in [0.15, 0.2) is 5.65 Å². The molecular weight excluding hydrogens is 310 g/mol. The van der Waals surface area contributed by atoms with Gasteiger partial charge in [-0.25, -0.2) is 9.48 Å². The van der Waals surface area contributed by atoms with Gasteiger partial charge in [0.1, 0.15) is 6.54 Å². The average Bonchev–Trinajstić information content (AvgIpc) is 2.83. The Balaban J connectivity index is 1.74. The van der Waals surface area contributed by atoms with E-state index in [0.717, 1.165) is 4.68 Å². The van der Waals surface area contributed by atoms with Gasteiger partial charge < -0.3 is 10.6 Å². The van der Waals surface area contributed by atoms with Gasteiger partial charge in [-0.3, -0.25) is 14.0 Å². The summed E-state index contributed by atoms with van der Waals surface area (Å²) in [6, 6.07) is 11.9. The molecule has 0 saturated carbocycles. The van der Waals surface area contributed by atoms with Crippen molar-refractivity contribution in [3.05, 3.63) is 59.1 Å². The molecule has 122 valence electrons. The minimum Gasteiger partial charge on any atom is -0.326 e. The predicted molar refractivity (Wildman–Crippen MR) is 88.8 cm³/mol. The molecule has 8 heteroatoms. The highest BCUT2D eigenvalue weighted by molar-refractivity contribution is 5.93. The molecule has 0 atom stereocenters. The number of rotatable bonds is 4. The van der Waals surface area contributed by atoms with Gasteiger partial charge in [0.05, 0.1) is 0 Å². The van der Waals surface area contributed by atoms with Crippen molar-refractivity contribution in [1.29, 1.82) is 0 Å². The predicted octanol–water partition coefficient (Wildman–Crippen LogP) is 1.09. The second-order valence-electron chi connectivity index (χ2n) is 5.18. The molecule has 24 heavy (non-hydrogen) atoms. The number of carbonyl (C=O) groups excluding carboxylic acids is 2. The number of benzene rings is 1. The molecule has 0 saturated heterocycles. The zero-order chi connectivity index (χ0) is 17.1. The SMILES string of the molecule is CC(=O)Nc1cccc(NC(=O)Cn2nc3ccccn3c2=O)c1. The first-order valence-corrected chi connectivity index (χ1v) is 7.24. The number of nitrogens with zero attached hydrogens (tertiary/aromatic N) is 3. The molecule has 0 radical (unpaired) electrons. The standard InChI is InChI=1S/C16H15N5O3/c1-11(22)17-12-5-4-6-13(9-12)18-15(23)10-21-16(24)20-8-3-2-7-14(20)19-21/h2-9H,10H2,1H3,(H,17,22)(H,18,23). The zero-order valence-corrected chi connectivity index (χ0v) is 12.9. The van der Waals surface area contributed by atoms with Gasteiger partial charge in [-0.05, 0) is 30.3 Å². The highest BCUT2D eigenvalue weighted by Gasteiger charge is 2.10. The van der Waals surface area contributed by atoms with Gasteiger partial charge >= 0.3 is 5.69 Å². The maximum absolute atomic E-state index is 12.1. The highest BCUT2D eigenvalue weighted by Crippen LogP contribution is 2.15. The van der Waals surface area contributed by atoms with Crippen molar-refractivity contribution in [1.82, 2.24) is 14.2 Å². The van der Waals surface area contributed by atoms with Crippen LogP contribution in [0.25, 0.3) is 5.65 Å². The highest BCUT2D eigenvalue weighted by atomic mass is 16.2. The molecule has 0 bridgehead atoms. The van der Waals surface area contributed by atoms with Crippen molar-refractivity contribution < 1.29 is 9.59 Å². The van der Waals surface area contributed by atoms with Crippen molar-refractivity contribution in [2.45, 2.75) is 13.5 Å². The first kappa shape index (κ1) is 15.5. The summed E-state index contributed by atoms with van der Waals surface area (Å²) in [7, 11) is 0.